The van der Waals surface area contributed by atoms with E-state index in [1.165, 1.54) is 38.5 Å². The smallest absolute Gasteiger partial charge is 0.191 e. The van der Waals surface area contributed by atoms with Gasteiger partial charge in [-0.2, -0.15) is 0 Å². The predicted octanol–water partition coefficient (Wildman–Crippen LogP) is 3.04. The van der Waals surface area contributed by atoms with E-state index in [0.29, 0.717) is 12.6 Å². The quantitative estimate of drug-likeness (QED) is 0.373. The van der Waals surface area contributed by atoms with Gasteiger partial charge in [0.25, 0.3) is 0 Å². The van der Waals surface area contributed by atoms with Gasteiger partial charge < -0.3 is 15.7 Å². The number of aliphatic hydroxyl groups is 1. The van der Waals surface area contributed by atoms with Gasteiger partial charge in [-0.15, -0.1) is 24.0 Å². The van der Waals surface area contributed by atoms with Crippen molar-refractivity contribution in [2.75, 3.05) is 13.6 Å². The Morgan fingerprint density at radius 3 is 2.55 bits per heavy atom. The van der Waals surface area contributed by atoms with Crippen molar-refractivity contribution in [3.8, 4) is 0 Å². The molecule has 0 aliphatic heterocycles. The molecule has 3 aliphatic carbocycles. The second-order valence-corrected chi connectivity index (χ2v) is 7.46. The molecule has 0 aromatic carbocycles. The Kier molecular flexibility index (Phi) is 6.80. The summed E-state index contributed by atoms with van der Waals surface area (Å²) in [5.41, 5.74) is -0.513. The molecule has 0 aromatic heterocycles. The van der Waals surface area contributed by atoms with Gasteiger partial charge in [-0.05, 0) is 43.9 Å². The van der Waals surface area contributed by atoms with Crippen LogP contribution in [0.1, 0.15) is 64.2 Å². The van der Waals surface area contributed by atoms with Crippen LogP contribution in [0.25, 0.3) is 0 Å². The van der Waals surface area contributed by atoms with Gasteiger partial charge in [0, 0.05) is 19.6 Å². The summed E-state index contributed by atoms with van der Waals surface area (Å²) in [7, 11) is 1.83. The highest BCUT2D eigenvalue weighted by Gasteiger charge is 2.34. The zero-order valence-electron chi connectivity index (χ0n) is 13.8. The number of aliphatic imine (C=N–C) groups is 1. The van der Waals surface area contributed by atoms with Crippen LogP contribution >= 0.6 is 24.0 Å². The maximum Gasteiger partial charge on any atom is 0.191 e. The molecule has 0 heterocycles. The van der Waals surface area contributed by atoms with Gasteiger partial charge in [0.2, 0.25) is 0 Å². The van der Waals surface area contributed by atoms with Crippen molar-refractivity contribution >= 4 is 29.9 Å². The average molecular weight is 421 g/mol. The van der Waals surface area contributed by atoms with Gasteiger partial charge in [-0.1, -0.05) is 32.1 Å². The van der Waals surface area contributed by atoms with Gasteiger partial charge in [-0.3, -0.25) is 4.99 Å². The summed E-state index contributed by atoms with van der Waals surface area (Å²) < 4.78 is 0. The zero-order chi connectivity index (χ0) is 14.7. The summed E-state index contributed by atoms with van der Waals surface area (Å²) in [4.78, 5) is 4.34. The van der Waals surface area contributed by atoms with Crippen LogP contribution < -0.4 is 10.6 Å². The monoisotopic (exact) mass is 421 g/mol. The fourth-order valence-corrected chi connectivity index (χ4v) is 4.68. The van der Waals surface area contributed by atoms with Crippen molar-refractivity contribution in [2.45, 2.75) is 75.9 Å². The number of nitrogens with zero attached hydrogens (tertiary/aromatic N) is 1. The minimum absolute atomic E-state index is 0. The first-order valence-corrected chi connectivity index (χ1v) is 8.88. The van der Waals surface area contributed by atoms with Crippen molar-refractivity contribution in [3.63, 3.8) is 0 Å². The normalized spacial score (nSPS) is 33.9. The first-order chi connectivity index (χ1) is 10.2. The number of nitrogens with one attached hydrogen (secondary N) is 2. The first-order valence-electron chi connectivity index (χ1n) is 8.88. The molecule has 3 aliphatic rings. The Hall–Kier alpha value is -0.0400. The molecule has 3 unspecified atom stereocenters. The summed E-state index contributed by atoms with van der Waals surface area (Å²) >= 11 is 0. The van der Waals surface area contributed by atoms with E-state index >= 15 is 0 Å². The highest BCUT2D eigenvalue weighted by atomic mass is 127. The highest BCUT2D eigenvalue weighted by molar-refractivity contribution is 14.0. The summed E-state index contributed by atoms with van der Waals surface area (Å²) in [5, 5.41) is 17.4. The van der Waals surface area contributed by atoms with E-state index in [2.05, 4.69) is 15.6 Å². The van der Waals surface area contributed by atoms with E-state index in [4.69, 9.17) is 0 Å². The Morgan fingerprint density at radius 1 is 1.09 bits per heavy atom. The maximum atomic E-state index is 10.4. The number of halogens is 1. The number of guanidine groups is 1. The van der Waals surface area contributed by atoms with Gasteiger partial charge >= 0.3 is 0 Å². The topological polar surface area (TPSA) is 56.7 Å². The van der Waals surface area contributed by atoms with Crippen molar-refractivity contribution in [1.82, 2.24) is 10.6 Å². The van der Waals surface area contributed by atoms with E-state index in [-0.39, 0.29) is 24.0 Å². The van der Waals surface area contributed by atoms with Crippen LogP contribution in [0.4, 0.5) is 0 Å². The third-order valence-electron chi connectivity index (χ3n) is 5.97. The maximum absolute atomic E-state index is 10.4. The van der Waals surface area contributed by atoms with Crippen molar-refractivity contribution < 1.29 is 5.11 Å². The van der Waals surface area contributed by atoms with Crippen molar-refractivity contribution in [3.05, 3.63) is 0 Å². The standard InChI is InChI=1S/C17H31N3O.HI/c1-18-16(19-12-17(21)9-2-3-10-17)20-15-8-7-13-5-4-6-14(13)11-15;/h13-15,21H,2-12H2,1H3,(H2,18,19,20);1H. The molecule has 0 radical (unpaired) electrons. The molecule has 3 N–H and O–H groups in total. The number of hydrogen-bond donors (Lipinski definition) is 3. The Bertz CT molecular complexity index is 382. The second-order valence-electron chi connectivity index (χ2n) is 7.46. The molecule has 0 spiro atoms. The van der Waals surface area contributed by atoms with E-state index < -0.39 is 5.60 Å². The minimum Gasteiger partial charge on any atom is -0.388 e. The van der Waals surface area contributed by atoms with Gasteiger partial charge in [0.05, 0.1) is 5.60 Å². The fraction of sp³-hybridized carbons (Fsp3) is 0.941. The molecule has 5 heteroatoms. The fourth-order valence-electron chi connectivity index (χ4n) is 4.68. The number of hydrogen-bond acceptors (Lipinski definition) is 2. The van der Waals surface area contributed by atoms with E-state index in [1.54, 1.807) is 0 Å². The second kappa shape index (κ2) is 8.18. The van der Waals surface area contributed by atoms with E-state index in [1.807, 2.05) is 7.05 Å². The Balaban J connectivity index is 0.00000176. The SMILES string of the molecule is CN=C(NCC1(O)CCCC1)NC1CCC2CCCC2C1.I. The molecule has 22 heavy (non-hydrogen) atoms. The lowest BCUT2D eigenvalue weighted by atomic mass is 9.79. The van der Waals surface area contributed by atoms with Crippen LogP contribution in [0, 0.1) is 11.8 Å². The Labute approximate surface area is 151 Å². The summed E-state index contributed by atoms with van der Waals surface area (Å²) in [6.07, 6.45) is 12.4. The predicted molar refractivity (Wildman–Crippen MR) is 102 cm³/mol. The Morgan fingerprint density at radius 2 is 1.82 bits per heavy atom. The van der Waals surface area contributed by atoms with Gasteiger partial charge in [0.1, 0.15) is 0 Å². The van der Waals surface area contributed by atoms with Gasteiger partial charge in [-0.25, -0.2) is 0 Å². The van der Waals surface area contributed by atoms with Crippen molar-refractivity contribution in [1.29, 1.82) is 0 Å². The lowest BCUT2D eigenvalue weighted by molar-refractivity contribution is 0.0521. The molecule has 0 saturated heterocycles. The van der Waals surface area contributed by atoms with Crippen LogP contribution in [0.15, 0.2) is 4.99 Å². The number of rotatable bonds is 3. The molecular weight excluding hydrogens is 389 g/mol. The molecule has 3 rings (SSSR count). The third-order valence-corrected chi connectivity index (χ3v) is 5.97. The lowest BCUT2D eigenvalue weighted by Crippen LogP contribution is -2.50. The first kappa shape index (κ1) is 18.3. The molecule has 3 fully saturated rings. The van der Waals surface area contributed by atoms with Crippen LogP contribution in [0.2, 0.25) is 0 Å². The van der Waals surface area contributed by atoms with Crippen LogP contribution in [-0.2, 0) is 0 Å². The molecule has 0 amide bonds. The molecule has 0 aromatic rings. The molecular formula is C17H32IN3O. The zero-order valence-corrected chi connectivity index (χ0v) is 16.1. The summed E-state index contributed by atoms with van der Waals surface area (Å²) in [5.74, 6) is 2.81. The van der Waals surface area contributed by atoms with Crippen LogP contribution in [0.3, 0.4) is 0 Å². The lowest BCUT2D eigenvalue weighted by Gasteiger charge is -2.33. The third kappa shape index (κ3) is 4.49. The minimum atomic E-state index is -0.513. The van der Waals surface area contributed by atoms with E-state index in [0.717, 1.165) is 43.5 Å². The van der Waals surface area contributed by atoms with Crippen LogP contribution in [-0.4, -0.2) is 36.3 Å². The summed E-state index contributed by atoms with van der Waals surface area (Å²) in [6.45, 7) is 0.630. The molecule has 128 valence electrons. The molecule has 3 saturated carbocycles. The van der Waals surface area contributed by atoms with E-state index in [9.17, 15) is 5.11 Å². The molecule has 0 bridgehead atoms. The molecule has 3 atom stereocenters. The highest BCUT2D eigenvalue weighted by Crippen LogP contribution is 2.42. The largest absolute Gasteiger partial charge is 0.388 e. The average Bonchev–Trinajstić information content (AvgIpc) is 3.12. The van der Waals surface area contributed by atoms with Gasteiger partial charge in [0.15, 0.2) is 5.96 Å². The van der Waals surface area contributed by atoms with Crippen LogP contribution in [0.5, 0.6) is 0 Å². The summed E-state index contributed by atoms with van der Waals surface area (Å²) in [6, 6.07) is 0.564. The number of fused-ring (bicyclic) bond motifs is 1. The van der Waals surface area contributed by atoms with Crippen molar-refractivity contribution in [2.24, 2.45) is 16.8 Å². The molecule has 4 nitrogen and oxygen atoms in total.